The van der Waals surface area contributed by atoms with Crippen LogP contribution < -0.4 is 5.32 Å². The van der Waals surface area contributed by atoms with E-state index in [1.807, 2.05) is 0 Å². The minimum absolute atomic E-state index is 0.0764. The molecule has 2 aliphatic rings. The van der Waals surface area contributed by atoms with Crippen LogP contribution in [0.4, 0.5) is 4.39 Å². The summed E-state index contributed by atoms with van der Waals surface area (Å²) in [4.78, 5) is 27.1. The molecule has 0 aromatic heterocycles. The summed E-state index contributed by atoms with van der Waals surface area (Å²) in [6, 6.07) is 5.85. The Balaban J connectivity index is 1.59. The van der Waals surface area contributed by atoms with Crippen LogP contribution in [0.1, 0.15) is 56.3 Å². The van der Waals surface area contributed by atoms with E-state index in [2.05, 4.69) is 19.2 Å². The maximum Gasteiger partial charge on any atom is 0.253 e. The Morgan fingerprint density at radius 1 is 1.08 bits per heavy atom. The Hall–Kier alpha value is -1.91. The molecule has 1 aromatic carbocycles. The first-order valence-corrected chi connectivity index (χ1v) is 9.81. The molecule has 1 heterocycles. The number of halogens is 1. The second-order valence-electron chi connectivity index (χ2n) is 7.98. The minimum Gasteiger partial charge on any atom is -0.353 e. The molecule has 26 heavy (non-hydrogen) atoms. The van der Waals surface area contributed by atoms with E-state index in [9.17, 15) is 14.0 Å². The highest BCUT2D eigenvalue weighted by atomic mass is 19.1. The van der Waals surface area contributed by atoms with Crippen LogP contribution in [-0.4, -0.2) is 35.8 Å². The van der Waals surface area contributed by atoms with Gasteiger partial charge in [-0.3, -0.25) is 9.59 Å². The molecule has 1 aromatic rings. The monoisotopic (exact) mass is 360 g/mol. The number of amides is 2. The molecule has 1 saturated carbocycles. The highest BCUT2D eigenvalue weighted by molar-refractivity contribution is 5.94. The zero-order valence-corrected chi connectivity index (χ0v) is 15.7. The van der Waals surface area contributed by atoms with Gasteiger partial charge in [0.25, 0.3) is 5.91 Å². The average Bonchev–Trinajstić information content (AvgIpc) is 2.65. The molecular weight excluding hydrogens is 331 g/mol. The van der Waals surface area contributed by atoms with Gasteiger partial charge < -0.3 is 10.2 Å². The Kier molecular flexibility index (Phi) is 5.94. The van der Waals surface area contributed by atoms with Crippen molar-refractivity contribution in [3.05, 3.63) is 35.6 Å². The number of nitrogens with one attached hydrogen (secondary N) is 1. The van der Waals surface area contributed by atoms with E-state index < -0.39 is 0 Å². The number of carbonyl (C=O) groups excluding carboxylic acids is 2. The summed E-state index contributed by atoms with van der Waals surface area (Å²) in [6.07, 6.45) is 5.08. The minimum atomic E-state index is -0.353. The highest BCUT2D eigenvalue weighted by Crippen LogP contribution is 2.30. The predicted octanol–water partition coefficient (Wildman–Crippen LogP) is 3.62. The van der Waals surface area contributed by atoms with Crippen molar-refractivity contribution in [1.82, 2.24) is 10.2 Å². The fourth-order valence-electron chi connectivity index (χ4n) is 4.24. The molecule has 142 valence electrons. The van der Waals surface area contributed by atoms with Crippen molar-refractivity contribution in [2.75, 3.05) is 13.1 Å². The van der Waals surface area contributed by atoms with Gasteiger partial charge in [-0.1, -0.05) is 26.7 Å². The van der Waals surface area contributed by atoms with Crippen LogP contribution in [0.25, 0.3) is 0 Å². The van der Waals surface area contributed by atoms with Crippen molar-refractivity contribution in [2.24, 2.45) is 17.8 Å². The van der Waals surface area contributed by atoms with E-state index in [1.165, 1.54) is 30.7 Å². The molecule has 1 saturated heterocycles. The largest absolute Gasteiger partial charge is 0.353 e. The smallest absolute Gasteiger partial charge is 0.253 e. The summed E-state index contributed by atoms with van der Waals surface area (Å²) >= 11 is 0. The fourth-order valence-corrected chi connectivity index (χ4v) is 4.24. The standard InChI is InChI=1S/C21H29FN2O2/c1-14-5-3-7-19(15(14)2)23-20(25)17-6-4-12-24(13-17)21(26)16-8-10-18(22)11-9-16/h8-11,14-15,17,19H,3-7,12-13H2,1-2H3,(H,23,25). The molecule has 2 amide bonds. The Labute approximate surface area is 155 Å². The van der Waals surface area contributed by atoms with Crippen LogP contribution >= 0.6 is 0 Å². The van der Waals surface area contributed by atoms with Crippen molar-refractivity contribution in [2.45, 2.75) is 52.0 Å². The highest BCUT2D eigenvalue weighted by Gasteiger charge is 2.33. The lowest BCUT2D eigenvalue weighted by molar-refractivity contribution is -0.127. The summed E-state index contributed by atoms with van der Waals surface area (Å²) in [5.74, 6) is 0.575. The molecule has 4 nitrogen and oxygen atoms in total. The van der Waals surface area contributed by atoms with E-state index in [-0.39, 0.29) is 29.6 Å². The summed E-state index contributed by atoms with van der Waals surface area (Å²) in [5.41, 5.74) is 0.474. The molecule has 4 atom stereocenters. The number of hydrogen-bond acceptors (Lipinski definition) is 2. The van der Waals surface area contributed by atoms with Crippen LogP contribution in [0, 0.1) is 23.6 Å². The van der Waals surface area contributed by atoms with Crippen molar-refractivity contribution < 1.29 is 14.0 Å². The van der Waals surface area contributed by atoms with Gasteiger partial charge in [0, 0.05) is 24.7 Å². The Morgan fingerprint density at radius 2 is 1.81 bits per heavy atom. The van der Waals surface area contributed by atoms with Gasteiger partial charge in [-0.2, -0.15) is 0 Å². The lowest BCUT2D eigenvalue weighted by Gasteiger charge is -2.37. The summed E-state index contributed by atoms with van der Waals surface area (Å²) in [5, 5.41) is 3.25. The summed E-state index contributed by atoms with van der Waals surface area (Å²) in [6.45, 7) is 5.57. The second-order valence-corrected chi connectivity index (χ2v) is 7.98. The van der Waals surface area contributed by atoms with E-state index in [0.29, 0.717) is 30.5 Å². The zero-order chi connectivity index (χ0) is 18.7. The van der Waals surface area contributed by atoms with Gasteiger partial charge in [0.1, 0.15) is 5.82 Å². The van der Waals surface area contributed by atoms with Crippen LogP contribution in [0.15, 0.2) is 24.3 Å². The quantitative estimate of drug-likeness (QED) is 0.895. The predicted molar refractivity (Wildman–Crippen MR) is 99.1 cm³/mol. The van der Waals surface area contributed by atoms with Crippen LogP contribution in [-0.2, 0) is 4.79 Å². The second kappa shape index (κ2) is 8.19. The summed E-state index contributed by atoms with van der Waals surface area (Å²) < 4.78 is 13.1. The third kappa shape index (κ3) is 4.25. The zero-order valence-electron chi connectivity index (χ0n) is 15.7. The van der Waals surface area contributed by atoms with Crippen LogP contribution in [0.2, 0.25) is 0 Å². The Morgan fingerprint density at radius 3 is 2.54 bits per heavy atom. The van der Waals surface area contributed by atoms with Gasteiger partial charge in [0.2, 0.25) is 5.91 Å². The lowest BCUT2D eigenvalue weighted by Crippen LogP contribution is -2.50. The first-order chi connectivity index (χ1) is 12.5. The molecule has 1 N–H and O–H groups in total. The van der Waals surface area contributed by atoms with Crippen molar-refractivity contribution in [3.63, 3.8) is 0 Å². The number of carbonyl (C=O) groups is 2. The van der Waals surface area contributed by atoms with Gasteiger partial charge in [0.05, 0.1) is 5.92 Å². The maximum absolute atomic E-state index is 13.1. The lowest BCUT2D eigenvalue weighted by atomic mass is 9.78. The van der Waals surface area contributed by atoms with Crippen molar-refractivity contribution in [1.29, 1.82) is 0 Å². The molecule has 0 spiro atoms. The van der Waals surface area contributed by atoms with Crippen LogP contribution in [0.3, 0.4) is 0 Å². The molecule has 1 aliphatic heterocycles. The molecule has 3 rings (SSSR count). The number of rotatable bonds is 3. The topological polar surface area (TPSA) is 49.4 Å². The first kappa shape index (κ1) is 18.9. The van der Waals surface area contributed by atoms with Gasteiger partial charge in [-0.05, 0) is 55.4 Å². The molecule has 2 fully saturated rings. The van der Waals surface area contributed by atoms with Crippen molar-refractivity contribution in [3.8, 4) is 0 Å². The third-order valence-electron chi connectivity index (χ3n) is 6.21. The molecule has 0 radical (unpaired) electrons. The van der Waals surface area contributed by atoms with E-state index in [0.717, 1.165) is 25.7 Å². The number of nitrogens with zero attached hydrogens (tertiary/aromatic N) is 1. The number of hydrogen-bond donors (Lipinski definition) is 1. The fraction of sp³-hybridized carbons (Fsp3) is 0.619. The van der Waals surface area contributed by atoms with E-state index >= 15 is 0 Å². The SMILES string of the molecule is CC1CCCC(NC(=O)C2CCCN(C(=O)c3ccc(F)cc3)C2)C1C. The maximum atomic E-state index is 13.1. The molecular formula is C21H29FN2O2. The summed E-state index contributed by atoms with van der Waals surface area (Å²) in [7, 11) is 0. The molecule has 1 aliphatic carbocycles. The number of benzene rings is 1. The molecule has 5 heteroatoms. The third-order valence-corrected chi connectivity index (χ3v) is 6.21. The molecule has 4 unspecified atom stereocenters. The average molecular weight is 360 g/mol. The normalized spacial score (nSPS) is 29.3. The van der Waals surface area contributed by atoms with E-state index in [1.54, 1.807) is 4.90 Å². The van der Waals surface area contributed by atoms with Gasteiger partial charge in [-0.25, -0.2) is 4.39 Å². The first-order valence-electron chi connectivity index (χ1n) is 9.81. The number of likely N-dealkylation sites (tertiary alicyclic amines) is 1. The van der Waals surface area contributed by atoms with Gasteiger partial charge in [-0.15, -0.1) is 0 Å². The van der Waals surface area contributed by atoms with Gasteiger partial charge >= 0.3 is 0 Å². The molecule has 0 bridgehead atoms. The number of piperidine rings is 1. The van der Waals surface area contributed by atoms with Crippen molar-refractivity contribution >= 4 is 11.8 Å². The van der Waals surface area contributed by atoms with E-state index in [4.69, 9.17) is 0 Å². The van der Waals surface area contributed by atoms with Gasteiger partial charge in [0.15, 0.2) is 0 Å². The Bertz CT molecular complexity index is 646. The van der Waals surface area contributed by atoms with Crippen LogP contribution in [0.5, 0.6) is 0 Å².